The number of nitrogens with zero attached hydrogens (tertiary/aromatic N) is 2. The molecule has 0 spiro atoms. The third-order valence-electron chi connectivity index (χ3n) is 3.72. The van der Waals surface area contributed by atoms with Crippen molar-refractivity contribution in [2.45, 2.75) is 25.8 Å². The summed E-state index contributed by atoms with van der Waals surface area (Å²) < 4.78 is 4.88. The molecule has 0 aromatic heterocycles. The van der Waals surface area contributed by atoms with Gasteiger partial charge in [-0.15, -0.1) is 0 Å². The summed E-state index contributed by atoms with van der Waals surface area (Å²) in [6.07, 6.45) is 1.90. The first-order valence-corrected chi connectivity index (χ1v) is 7.73. The molecular formula is C16H19N3O6. The van der Waals surface area contributed by atoms with Gasteiger partial charge in [0, 0.05) is 24.7 Å². The Kier molecular flexibility index (Phi) is 5.68. The van der Waals surface area contributed by atoms with E-state index in [4.69, 9.17) is 4.74 Å². The Labute approximate surface area is 144 Å². The first kappa shape index (κ1) is 18.4. The van der Waals surface area contributed by atoms with E-state index < -0.39 is 23.4 Å². The second-order valence-corrected chi connectivity index (χ2v) is 5.93. The molecule has 0 unspecified atom stereocenters. The summed E-state index contributed by atoms with van der Waals surface area (Å²) in [6, 6.07) is 4.13. The first-order valence-electron chi connectivity index (χ1n) is 7.73. The highest BCUT2D eigenvalue weighted by molar-refractivity contribution is 5.92. The highest BCUT2D eigenvalue weighted by Crippen LogP contribution is 2.20. The van der Waals surface area contributed by atoms with Crippen molar-refractivity contribution < 1.29 is 24.0 Å². The smallest absolute Gasteiger partial charge is 0.338 e. The lowest BCUT2D eigenvalue weighted by molar-refractivity contribution is -0.385. The van der Waals surface area contributed by atoms with Gasteiger partial charge in [0.05, 0.1) is 17.0 Å². The Morgan fingerprint density at radius 1 is 1.36 bits per heavy atom. The average molecular weight is 349 g/mol. The molecule has 2 rings (SSSR count). The monoisotopic (exact) mass is 349 g/mol. The molecule has 9 nitrogen and oxygen atoms in total. The van der Waals surface area contributed by atoms with Crippen LogP contribution in [0.25, 0.3) is 0 Å². The molecule has 0 atom stereocenters. The molecular weight excluding hydrogens is 330 g/mol. The largest absolute Gasteiger partial charge is 0.452 e. The molecule has 0 saturated heterocycles. The number of benzene rings is 1. The quantitative estimate of drug-likeness (QED) is 0.442. The molecule has 0 radical (unpaired) electrons. The van der Waals surface area contributed by atoms with Crippen LogP contribution in [0.15, 0.2) is 18.2 Å². The van der Waals surface area contributed by atoms with Crippen molar-refractivity contribution in [2.75, 3.05) is 20.2 Å². The molecule has 0 aliphatic heterocycles. The minimum Gasteiger partial charge on any atom is -0.452 e. The highest BCUT2D eigenvalue weighted by atomic mass is 16.6. The van der Waals surface area contributed by atoms with Gasteiger partial charge in [-0.2, -0.15) is 0 Å². The number of nitrogens with one attached hydrogen (secondary N) is 1. The van der Waals surface area contributed by atoms with Crippen LogP contribution in [0.4, 0.5) is 5.69 Å². The third-order valence-corrected chi connectivity index (χ3v) is 3.72. The molecule has 1 aliphatic carbocycles. The number of esters is 1. The molecule has 0 bridgehead atoms. The van der Waals surface area contributed by atoms with Gasteiger partial charge in [-0.05, 0) is 25.8 Å². The van der Waals surface area contributed by atoms with Crippen LogP contribution >= 0.6 is 0 Å². The molecule has 9 heteroatoms. The van der Waals surface area contributed by atoms with Gasteiger partial charge in [0.2, 0.25) is 5.91 Å². The number of ether oxygens (including phenoxy) is 1. The van der Waals surface area contributed by atoms with Crippen LogP contribution in [0.2, 0.25) is 0 Å². The fourth-order valence-corrected chi connectivity index (χ4v) is 2.06. The maximum atomic E-state index is 11.9. The second-order valence-electron chi connectivity index (χ2n) is 5.93. The summed E-state index contributed by atoms with van der Waals surface area (Å²) in [6.45, 7) is 0.884. The van der Waals surface area contributed by atoms with Gasteiger partial charge in [0.25, 0.3) is 11.6 Å². The average Bonchev–Trinajstić information content (AvgIpc) is 3.35. The highest BCUT2D eigenvalue weighted by Gasteiger charge is 2.24. The lowest BCUT2D eigenvalue weighted by Gasteiger charge is -2.16. The van der Waals surface area contributed by atoms with Crippen LogP contribution in [-0.2, 0) is 14.3 Å². The zero-order chi connectivity index (χ0) is 18.6. The molecule has 1 aromatic carbocycles. The van der Waals surface area contributed by atoms with E-state index in [1.54, 1.807) is 6.92 Å². The van der Waals surface area contributed by atoms with Crippen molar-refractivity contribution in [1.29, 1.82) is 0 Å². The maximum absolute atomic E-state index is 11.9. The van der Waals surface area contributed by atoms with Crippen molar-refractivity contribution in [1.82, 2.24) is 10.2 Å². The van der Waals surface area contributed by atoms with Gasteiger partial charge in [-0.3, -0.25) is 19.7 Å². The zero-order valence-corrected chi connectivity index (χ0v) is 14.0. The van der Waals surface area contributed by atoms with E-state index in [1.165, 1.54) is 19.2 Å². The normalized spacial score (nSPS) is 13.0. The fraction of sp³-hybridized carbons (Fsp3) is 0.438. The van der Waals surface area contributed by atoms with E-state index in [0.29, 0.717) is 5.56 Å². The number of carbonyl (C=O) groups is 3. The van der Waals surface area contributed by atoms with Crippen LogP contribution in [-0.4, -0.2) is 53.8 Å². The van der Waals surface area contributed by atoms with Crippen molar-refractivity contribution in [3.8, 4) is 0 Å². The van der Waals surface area contributed by atoms with Crippen LogP contribution in [0.3, 0.4) is 0 Å². The maximum Gasteiger partial charge on any atom is 0.338 e. The Morgan fingerprint density at radius 2 is 2.04 bits per heavy atom. The van der Waals surface area contributed by atoms with E-state index >= 15 is 0 Å². The van der Waals surface area contributed by atoms with Gasteiger partial charge in [-0.1, -0.05) is 6.07 Å². The molecule has 1 aromatic rings. The summed E-state index contributed by atoms with van der Waals surface area (Å²) in [5, 5.41) is 13.6. The number of nitro benzene ring substituents is 1. The van der Waals surface area contributed by atoms with E-state index in [0.717, 1.165) is 23.8 Å². The van der Waals surface area contributed by atoms with Crippen molar-refractivity contribution >= 4 is 23.5 Å². The number of rotatable bonds is 7. The summed E-state index contributed by atoms with van der Waals surface area (Å²) in [5.74, 6) is -1.65. The van der Waals surface area contributed by atoms with E-state index in [-0.39, 0.29) is 29.7 Å². The molecule has 2 amide bonds. The summed E-state index contributed by atoms with van der Waals surface area (Å²) in [7, 11) is 1.43. The number of hydrogen-bond donors (Lipinski definition) is 1. The number of amides is 2. The number of hydrogen-bond acceptors (Lipinski definition) is 6. The van der Waals surface area contributed by atoms with Crippen LogP contribution in [0, 0.1) is 17.0 Å². The SMILES string of the molecule is Cc1ccc(C(=O)OCC(=O)N(C)CC(=O)NC2CC2)cc1[N+](=O)[O-]. The molecule has 25 heavy (non-hydrogen) atoms. The summed E-state index contributed by atoms with van der Waals surface area (Å²) >= 11 is 0. The first-order chi connectivity index (χ1) is 11.8. The topological polar surface area (TPSA) is 119 Å². The van der Waals surface area contributed by atoms with E-state index in [2.05, 4.69) is 5.32 Å². The van der Waals surface area contributed by atoms with E-state index in [9.17, 15) is 24.5 Å². The predicted octanol–water partition coefficient (Wildman–Crippen LogP) is 0.797. The molecule has 0 heterocycles. The number of carbonyl (C=O) groups excluding carboxylic acids is 3. The fourth-order valence-electron chi connectivity index (χ4n) is 2.06. The predicted molar refractivity (Wildman–Crippen MR) is 86.9 cm³/mol. The van der Waals surface area contributed by atoms with Crippen LogP contribution in [0.1, 0.15) is 28.8 Å². The van der Waals surface area contributed by atoms with Crippen molar-refractivity contribution in [3.63, 3.8) is 0 Å². The number of aryl methyl sites for hydroxylation is 1. The lowest BCUT2D eigenvalue weighted by atomic mass is 10.1. The minimum absolute atomic E-state index is 0.0146. The molecule has 1 aliphatic rings. The second kappa shape index (κ2) is 7.73. The Bertz CT molecular complexity index is 714. The third kappa shape index (κ3) is 5.27. The van der Waals surface area contributed by atoms with Gasteiger partial charge in [0.15, 0.2) is 6.61 Å². The molecule has 134 valence electrons. The summed E-state index contributed by atoms with van der Waals surface area (Å²) in [5.41, 5.74) is 0.202. The van der Waals surface area contributed by atoms with Gasteiger partial charge in [-0.25, -0.2) is 4.79 Å². The number of likely N-dealkylation sites (N-methyl/N-ethyl adjacent to an activating group) is 1. The molecule has 1 N–H and O–H groups in total. The lowest BCUT2D eigenvalue weighted by Crippen LogP contribution is -2.40. The van der Waals surface area contributed by atoms with Gasteiger partial charge >= 0.3 is 5.97 Å². The minimum atomic E-state index is -0.840. The molecule has 1 saturated carbocycles. The Morgan fingerprint density at radius 3 is 2.64 bits per heavy atom. The van der Waals surface area contributed by atoms with Gasteiger partial charge < -0.3 is 15.0 Å². The van der Waals surface area contributed by atoms with Crippen LogP contribution in [0.5, 0.6) is 0 Å². The van der Waals surface area contributed by atoms with Crippen LogP contribution < -0.4 is 5.32 Å². The number of nitro groups is 1. The van der Waals surface area contributed by atoms with Crippen molar-refractivity contribution in [2.24, 2.45) is 0 Å². The molecule has 1 fully saturated rings. The summed E-state index contributed by atoms with van der Waals surface area (Å²) in [4.78, 5) is 46.9. The van der Waals surface area contributed by atoms with Crippen molar-refractivity contribution in [3.05, 3.63) is 39.4 Å². The standard InChI is InChI=1S/C16H19N3O6/c1-10-3-4-11(7-13(10)19(23)24)16(22)25-9-15(21)18(2)8-14(20)17-12-5-6-12/h3-4,7,12H,5-6,8-9H2,1-2H3,(H,17,20). The van der Waals surface area contributed by atoms with E-state index in [1.807, 2.05) is 0 Å². The Balaban J connectivity index is 1.86. The zero-order valence-electron chi connectivity index (χ0n) is 14.0. The van der Waals surface area contributed by atoms with Gasteiger partial charge in [0.1, 0.15) is 0 Å². The Hall–Kier alpha value is -2.97.